The zero-order valence-corrected chi connectivity index (χ0v) is 10.5. The fourth-order valence-corrected chi connectivity index (χ4v) is 1.79. The Morgan fingerprint density at radius 3 is 2.00 bits per heavy atom. The number of rotatable bonds is 8. The molecular formula is C13H28O. The lowest BCUT2D eigenvalue weighted by molar-refractivity contribution is 0.0211. The number of hydrogen-bond acceptors (Lipinski definition) is 1. The highest BCUT2D eigenvalue weighted by atomic mass is 16.3. The van der Waals surface area contributed by atoms with Gasteiger partial charge in [0.1, 0.15) is 0 Å². The Hall–Kier alpha value is -0.0400. The van der Waals surface area contributed by atoms with Crippen LogP contribution in [0.2, 0.25) is 0 Å². The van der Waals surface area contributed by atoms with Gasteiger partial charge in [-0.25, -0.2) is 0 Å². The van der Waals surface area contributed by atoms with E-state index in [1.807, 2.05) is 0 Å². The second-order valence-corrected chi connectivity index (χ2v) is 4.92. The minimum Gasteiger partial charge on any atom is -0.390 e. The molecule has 0 aromatic heterocycles. The van der Waals surface area contributed by atoms with Crippen LogP contribution in [0, 0.1) is 5.92 Å². The third-order valence-corrected chi connectivity index (χ3v) is 3.24. The van der Waals surface area contributed by atoms with E-state index in [1.165, 1.54) is 25.7 Å². The Labute approximate surface area is 89.9 Å². The van der Waals surface area contributed by atoms with Crippen molar-refractivity contribution in [3.05, 3.63) is 0 Å². The second kappa shape index (κ2) is 7.28. The Morgan fingerprint density at radius 2 is 1.57 bits per heavy atom. The monoisotopic (exact) mass is 200 g/mol. The predicted octanol–water partition coefficient (Wildman–Crippen LogP) is 4.14. The first-order valence-corrected chi connectivity index (χ1v) is 6.26. The smallest absolute Gasteiger partial charge is 0.0642 e. The maximum atomic E-state index is 10.0. The molecule has 0 rings (SSSR count). The average Bonchev–Trinajstić information content (AvgIpc) is 2.16. The summed E-state index contributed by atoms with van der Waals surface area (Å²) in [7, 11) is 0. The Bertz CT molecular complexity index is 125. The first-order chi connectivity index (χ1) is 6.54. The molecule has 0 spiro atoms. The van der Waals surface area contributed by atoms with Crippen LogP contribution in [0.5, 0.6) is 0 Å². The topological polar surface area (TPSA) is 20.2 Å². The molecule has 0 aliphatic rings. The highest BCUT2D eigenvalue weighted by Crippen LogP contribution is 2.22. The van der Waals surface area contributed by atoms with E-state index in [4.69, 9.17) is 0 Å². The number of aliphatic hydroxyl groups is 1. The van der Waals surface area contributed by atoms with Crippen molar-refractivity contribution in [2.24, 2.45) is 5.92 Å². The van der Waals surface area contributed by atoms with E-state index in [0.717, 1.165) is 25.2 Å². The highest BCUT2D eigenvalue weighted by molar-refractivity contribution is 4.74. The summed E-state index contributed by atoms with van der Waals surface area (Å²) in [5.74, 6) is 0.825. The molecule has 0 saturated carbocycles. The van der Waals surface area contributed by atoms with Gasteiger partial charge in [0.05, 0.1) is 5.60 Å². The fourth-order valence-electron chi connectivity index (χ4n) is 1.79. The zero-order valence-electron chi connectivity index (χ0n) is 10.5. The van der Waals surface area contributed by atoms with Gasteiger partial charge in [-0.05, 0) is 25.2 Å². The summed E-state index contributed by atoms with van der Waals surface area (Å²) in [4.78, 5) is 0. The van der Waals surface area contributed by atoms with E-state index in [2.05, 4.69) is 27.7 Å². The molecule has 86 valence electrons. The summed E-state index contributed by atoms with van der Waals surface area (Å²) in [6, 6.07) is 0. The SMILES string of the molecule is CCC(O)(CC)CCCCCC(C)C. The predicted molar refractivity (Wildman–Crippen MR) is 63.5 cm³/mol. The molecule has 0 heterocycles. The third-order valence-electron chi connectivity index (χ3n) is 3.24. The van der Waals surface area contributed by atoms with E-state index in [0.29, 0.717) is 0 Å². The maximum Gasteiger partial charge on any atom is 0.0642 e. The molecule has 0 atom stereocenters. The van der Waals surface area contributed by atoms with E-state index in [9.17, 15) is 5.11 Å². The van der Waals surface area contributed by atoms with Gasteiger partial charge in [-0.2, -0.15) is 0 Å². The highest BCUT2D eigenvalue weighted by Gasteiger charge is 2.20. The lowest BCUT2D eigenvalue weighted by atomic mass is 9.90. The van der Waals surface area contributed by atoms with E-state index < -0.39 is 0 Å². The van der Waals surface area contributed by atoms with Crippen molar-refractivity contribution in [1.82, 2.24) is 0 Å². The van der Waals surface area contributed by atoms with Crippen LogP contribution in [-0.4, -0.2) is 10.7 Å². The summed E-state index contributed by atoms with van der Waals surface area (Å²) >= 11 is 0. The summed E-state index contributed by atoms with van der Waals surface area (Å²) in [6.07, 6.45) is 7.89. The molecule has 1 nitrogen and oxygen atoms in total. The standard InChI is InChI=1S/C13H28O/c1-5-13(14,6-2)11-9-7-8-10-12(3)4/h12,14H,5-11H2,1-4H3. The summed E-state index contributed by atoms with van der Waals surface area (Å²) in [5, 5.41) is 10.0. The summed E-state index contributed by atoms with van der Waals surface area (Å²) in [5.41, 5.74) is -0.377. The van der Waals surface area contributed by atoms with E-state index in [1.54, 1.807) is 0 Å². The van der Waals surface area contributed by atoms with Crippen molar-refractivity contribution in [2.75, 3.05) is 0 Å². The van der Waals surface area contributed by atoms with Gasteiger partial charge in [-0.15, -0.1) is 0 Å². The Morgan fingerprint density at radius 1 is 1.00 bits per heavy atom. The quantitative estimate of drug-likeness (QED) is 0.584. The van der Waals surface area contributed by atoms with Crippen LogP contribution in [0.1, 0.15) is 72.6 Å². The molecule has 0 aliphatic carbocycles. The van der Waals surface area contributed by atoms with Gasteiger partial charge in [-0.3, -0.25) is 0 Å². The second-order valence-electron chi connectivity index (χ2n) is 4.92. The van der Waals surface area contributed by atoms with Crippen LogP contribution in [0.4, 0.5) is 0 Å². The molecular weight excluding hydrogens is 172 g/mol. The van der Waals surface area contributed by atoms with Crippen molar-refractivity contribution < 1.29 is 5.11 Å². The van der Waals surface area contributed by atoms with Crippen molar-refractivity contribution in [1.29, 1.82) is 0 Å². The van der Waals surface area contributed by atoms with Gasteiger partial charge in [0.25, 0.3) is 0 Å². The van der Waals surface area contributed by atoms with Gasteiger partial charge in [0.2, 0.25) is 0 Å². The van der Waals surface area contributed by atoms with Gasteiger partial charge in [0.15, 0.2) is 0 Å². The average molecular weight is 200 g/mol. The van der Waals surface area contributed by atoms with Crippen LogP contribution in [0.3, 0.4) is 0 Å². The number of unbranched alkanes of at least 4 members (excludes halogenated alkanes) is 2. The largest absolute Gasteiger partial charge is 0.390 e. The van der Waals surface area contributed by atoms with E-state index in [-0.39, 0.29) is 5.60 Å². The number of hydrogen-bond donors (Lipinski definition) is 1. The first kappa shape index (κ1) is 14.0. The Kier molecular flexibility index (Phi) is 7.26. The van der Waals surface area contributed by atoms with Crippen molar-refractivity contribution in [3.8, 4) is 0 Å². The molecule has 1 heteroatoms. The molecule has 0 aromatic rings. The fraction of sp³-hybridized carbons (Fsp3) is 1.00. The minimum absolute atomic E-state index is 0.377. The van der Waals surface area contributed by atoms with Crippen LogP contribution in [-0.2, 0) is 0 Å². The first-order valence-electron chi connectivity index (χ1n) is 6.26. The molecule has 0 aromatic carbocycles. The summed E-state index contributed by atoms with van der Waals surface area (Å²) < 4.78 is 0. The van der Waals surface area contributed by atoms with Gasteiger partial charge < -0.3 is 5.11 Å². The third kappa shape index (κ3) is 6.42. The molecule has 0 aliphatic heterocycles. The molecule has 14 heavy (non-hydrogen) atoms. The van der Waals surface area contributed by atoms with Gasteiger partial charge in [-0.1, -0.05) is 53.4 Å². The van der Waals surface area contributed by atoms with Crippen LogP contribution < -0.4 is 0 Å². The zero-order chi connectivity index (χ0) is 11.0. The lowest BCUT2D eigenvalue weighted by Crippen LogP contribution is -2.26. The van der Waals surface area contributed by atoms with Crippen LogP contribution >= 0.6 is 0 Å². The molecule has 0 fully saturated rings. The van der Waals surface area contributed by atoms with Crippen LogP contribution in [0.25, 0.3) is 0 Å². The molecule has 0 saturated heterocycles. The molecule has 0 amide bonds. The molecule has 0 radical (unpaired) electrons. The summed E-state index contributed by atoms with van der Waals surface area (Å²) in [6.45, 7) is 8.71. The normalized spacial score (nSPS) is 12.4. The Balaban J connectivity index is 3.43. The molecule has 0 unspecified atom stereocenters. The molecule has 0 bridgehead atoms. The lowest BCUT2D eigenvalue weighted by Gasteiger charge is -2.24. The van der Waals surface area contributed by atoms with Crippen molar-refractivity contribution in [2.45, 2.75) is 78.2 Å². The minimum atomic E-state index is -0.377. The maximum absolute atomic E-state index is 10.0. The molecule has 1 N–H and O–H groups in total. The van der Waals surface area contributed by atoms with Gasteiger partial charge >= 0.3 is 0 Å². The van der Waals surface area contributed by atoms with Crippen molar-refractivity contribution in [3.63, 3.8) is 0 Å². The van der Waals surface area contributed by atoms with Crippen molar-refractivity contribution >= 4 is 0 Å². The van der Waals surface area contributed by atoms with Gasteiger partial charge in [0, 0.05) is 0 Å². The van der Waals surface area contributed by atoms with E-state index >= 15 is 0 Å². The van der Waals surface area contributed by atoms with Crippen LogP contribution in [0.15, 0.2) is 0 Å².